The minimum absolute atomic E-state index is 0.284. The Kier molecular flexibility index (Phi) is 6.73. The van der Waals surface area contributed by atoms with Gasteiger partial charge in [-0.25, -0.2) is 0 Å². The van der Waals surface area contributed by atoms with Crippen LogP contribution in [0.25, 0.3) is 0 Å². The summed E-state index contributed by atoms with van der Waals surface area (Å²) in [6, 6.07) is 30.8. The number of nitrogens with one attached hydrogen (secondary N) is 1. The van der Waals surface area contributed by atoms with Crippen LogP contribution in [0.1, 0.15) is 40.6 Å². The summed E-state index contributed by atoms with van der Waals surface area (Å²) in [5, 5.41) is 5.02. The highest BCUT2D eigenvalue weighted by Crippen LogP contribution is 2.49. The fourth-order valence-corrected chi connectivity index (χ4v) is 5.75. The van der Waals surface area contributed by atoms with Crippen LogP contribution in [0.5, 0.6) is 5.75 Å². The van der Waals surface area contributed by atoms with E-state index in [1.165, 1.54) is 16.8 Å². The second-order valence-electron chi connectivity index (χ2n) is 9.52. The van der Waals surface area contributed by atoms with Crippen molar-refractivity contribution in [3.05, 3.63) is 135 Å². The minimum atomic E-state index is 0.284. The van der Waals surface area contributed by atoms with E-state index in [2.05, 4.69) is 71.0 Å². The average molecular weight is 525 g/mol. The molecule has 0 saturated heterocycles. The summed E-state index contributed by atoms with van der Waals surface area (Å²) in [5.74, 6) is 1.64. The van der Waals surface area contributed by atoms with E-state index in [1.807, 2.05) is 48.7 Å². The minimum Gasteiger partial charge on any atom is -0.487 e. The van der Waals surface area contributed by atoms with Gasteiger partial charge in [0.2, 0.25) is 0 Å². The van der Waals surface area contributed by atoms with Crippen molar-refractivity contribution < 1.29 is 4.74 Å². The molecule has 1 aliphatic carbocycles. The van der Waals surface area contributed by atoms with Crippen molar-refractivity contribution in [1.29, 1.82) is 0 Å². The molecule has 0 aromatic heterocycles. The summed E-state index contributed by atoms with van der Waals surface area (Å²) in [6.45, 7) is 0.402. The van der Waals surface area contributed by atoms with Crippen molar-refractivity contribution >= 4 is 40.8 Å². The van der Waals surface area contributed by atoms with E-state index in [-0.39, 0.29) is 6.04 Å². The SMILES string of the molecule is Clc1cccc(COc2ccc(C=Nc3ccc([C@@H]4Nc5ccccc5[C@@H]5C=CC[C@H]54)cc3)cc2Cl)c1. The maximum Gasteiger partial charge on any atom is 0.138 e. The predicted octanol–water partition coefficient (Wildman–Crippen LogP) is 9.15. The van der Waals surface area contributed by atoms with Gasteiger partial charge < -0.3 is 10.1 Å². The van der Waals surface area contributed by atoms with Gasteiger partial charge >= 0.3 is 0 Å². The fraction of sp³-hybridized carbons (Fsp3) is 0.156. The molecule has 0 spiro atoms. The van der Waals surface area contributed by atoms with Gasteiger partial charge in [0.05, 0.1) is 16.8 Å². The Balaban J connectivity index is 1.12. The fourth-order valence-electron chi connectivity index (χ4n) is 5.29. The second-order valence-corrected chi connectivity index (χ2v) is 10.4. The molecule has 37 heavy (non-hydrogen) atoms. The molecule has 6 rings (SSSR count). The first-order valence-corrected chi connectivity index (χ1v) is 13.2. The lowest BCUT2D eigenvalue weighted by Gasteiger charge is -2.37. The largest absolute Gasteiger partial charge is 0.487 e. The van der Waals surface area contributed by atoms with Gasteiger partial charge in [-0.3, -0.25) is 4.99 Å². The Morgan fingerprint density at radius 3 is 2.62 bits per heavy atom. The molecule has 2 aliphatic rings. The van der Waals surface area contributed by atoms with Crippen LogP contribution in [0.3, 0.4) is 0 Å². The van der Waals surface area contributed by atoms with Crippen LogP contribution in [0.4, 0.5) is 11.4 Å². The van der Waals surface area contributed by atoms with Crippen LogP contribution in [-0.2, 0) is 6.61 Å². The first-order valence-electron chi connectivity index (χ1n) is 12.5. The topological polar surface area (TPSA) is 33.6 Å². The number of benzene rings is 4. The van der Waals surface area contributed by atoms with E-state index in [1.54, 1.807) is 0 Å². The number of aliphatic imine (C=N–C) groups is 1. The number of nitrogens with zero attached hydrogens (tertiary/aromatic N) is 1. The maximum atomic E-state index is 6.47. The van der Waals surface area contributed by atoms with Crippen LogP contribution in [0.2, 0.25) is 10.0 Å². The summed E-state index contributed by atoms with van der Waals surface area (Å²) in [6.07, 6.45) is 7.61. The van der Waals surface area contributed by atoms with Crippen molar-refractivity contribution in [2.24, 2.45) is 10.9 Å². The molecule has 0 fully saturated rings. The standard InChI is InChI=1S/C32H26Cl2N2O/c33-24-6-3-5-22(17-24)20-37-31-16-11-21(18-29(31)34)19-35-25-14-12-23(13-15-25)32-28-9-4-8-26(28)27-7-1-2-10-30(27)36-32/h1-8,10-19,26,28,32,36H,9,20H2/t26-,28+,32-/m0/s1. The van der Waals surface area contributed by atoms with Crippen molar-refractivity contribution in [3.63, 3.8) is 0 Å². The zero-order valence-corrected chi connectivity index (χ0v) is 21.7. The van der Waals surface area contributed by atoms with E-state index in [4.69, 9.17) is 27.9 Å². The predicted molar refractivity (Wildman–Crippen MR) is 154 cm³/mol. The summed E-state index contributed by atoms with van der Waals surface area (Å²) in [4.78, 5) is 4.67. The van der Waals surface area contributed by atoms with Gasteiger partial charge in [-0.05, 0) is 83.1 Å². The van der Waals surface area contributed by atoms with Crippen molar-refractivity contribution in [2.45, 2.75) is 25.0 Å². The molecule has 1 N–H and O–H groups in total. The van der Waals surface area contributed by atoms with Crippen LogP contribution in [0.15, 0.2) is 108 Å². The zero-order chi connectivity index (χ0) is 25.2. The molecule has 0 bridgehead atoms. The number of allylic oxidation sites excluding steroid dienone is 2. The molecule has 0 amide bonds. The van der Waals surface area contributed by atoms with Crippen LogP contribution in [0, 0.1) is 5.92 Å². The van der Waals surface area contributed by atoms with E-state index < -0.39 is 0 Å². The van der Waals surface area contributed by atoms with E-state index in [9.17, 15) is 0 Å². The summed E-state index contributed by atoms with van der Waals surface area (Å²) in [5.41, 5.74) is 6.73. The highest BCUT2D eigenvalue weighted by atomic mass is 35.5. The summed E-state index contributed by atoms with van der Waals surface area (Å²) in [7, 11) is 0. The summed E-state index contributed by atoms with van der Waals surface area (Å²) < 4.78 is 5.87. The molecular weight excluding hydrogens is 499 g/mol. The van der Waals surface area contributed by atoms with Gasteiger partial charge in [0.15, 0.2) is 0 Å². The Bertz CT molecular complexity index is 1480. The lowest BCUT2D eigenvalue weighted by atomic mass is 9.77. The number of halogens is 2. The van der Waals surface area contributed by atoms with Gasteiger partial charge in [0.25, 0.3) is 0 Å². The molecule has 0 unspecified atom stereocenters. The Labute approximate surface area is 227 Å². The molecule has 184 valence electrons. The highest BCUT2D eigenvalue weighted by Gasteiger charge is 2.37. The molecule has 0 radical (unpaired) electrons. The average Bonchev–Trinajstić information content (AvgIpc) is 3.42. The maximum absolute atomic E-state index is 6.47. The highest BCUT2D eigenvalue weighted by molar-refractivity contribution is 6.32. The van der Waals surface area contributed by atoms with E-state index in [0.717, 1.165) is 23.2 Å². The van der Waals surface area contributed by atoms with Crippen molar-refractivity contribution in [2.75, 3.05) is 5.32 Å². The molecular formula is C32H26Cl2N2O. The molecule has 3 atom stereocenters. The number of hydrogen-bond donors (Lipinski definition) is 1. The quantitative estimate of drug-likeness (QED) is 0.201. The Morgan fingerprint density at radius 2 is 1.78 bits per heavy atom. The number of para-hydroxylation sites is 1. The third-order valence-electron chi connectivity index (χ3n) is 7.13. The molecule has 3 nitrogen and oxygen atoms in total. The van der Waals surface area contributed by atoms with Gasteiger partial charge in [-0.2, -0.15) is 0 Å². The first-order chi connectivity index (χ1) is 18.1. The van der Waals surface area contributed by atoms with E-state index in [0.29, 0.717) is 34.2 Å². The third kappa shape index (κ3) is 5.16. The van der Waals surface area contributed by atoms with Crippen LogP contribution < -0.4 is 10.1 Å². The molecule has 1 heterocycles. The van der Waals surface area contributed by atoms with Crippen molar-refractivity contribution in [1.82, 2.24) is 0 Å². The molecule has 0 saturated carbocycles. The Morgan fingerprint density at radius 1 is 0.919 bits per heavy atom. The Hall–Kier alpha value is -3.53. The molecule has 4 aromatic rings. The van der Waals surface area contributed by atoms with Gasteiger partial charge in [-0.15, -0.1) is 0 Å². The summed E-state index contributed by atoms with van der Waals surface area (Å²) >= 11 is 12.5. The molecule has 4 aromatic carbocycles. The lowest BCUT2D eigenvalue weighted by Crippen LogP contribution is -2.28. The number of anilines is 1. The second kappa shape index (κ2) is 10.5. The molecule has 1 aliphatic heterocycles. The van der Waals surface area contributed by atoms with Gasteiger partial charge in [0.1, 0.15) is 12.4 Å². The smallest absolute Gasteiger partial charge is 0.138 e. The number of rotatable bonds is 6. The van der Waals surface area contributed by atoms with E-state index >= 15 is 0 Å². The van der Waals surface area contributed by atoms with Crippen LogP contribution >= 0.6 is 23.2 Å². The van der Waals surface area contributed by atoms with Gasteiger partial charge in [-0.1, -0.05) is 77.8 Å². The normalized spacial score (nSPS) is 19.9. The van der Waals surface area contributed by atoms with Crippen LogP contribution in [-0.4, -0.2) is 6.21 Å². The lowest BCUT2D eigenvalue weighted by molar-refractivity contribution is 0.306. The molecule has 5 heteroatoms. The number of fused-ring (bicyclic) bond motifs is 3. The number of hydrogen-bond acceptors (Lipinski definition) is 3. The monoisotopic (exact) mass is 524 g/mol. The number of ether oxygens (including phenoxy) is 1. The van der Waals surface area contributed by atoms with Crippen molar-refractivity contribution in [3.8, 4) is 5.75 Å². The first kappa shape index (κ1) is 23.8. The third-order valence-corrected chi connectivity index (χ3v) is 7.66. The van der Waals surface area contributed by atoms with Gasteiger partial charge in [0, 0.05) is 22.8 Å². The zero-order valence-electron chi connectivity index (χ0n) is 20.1.